The van der Waals surface area contributed by atoms with Gasteiger partial charge in [-0.2, -0.15) is 0 Å². The van der Waals surface area contributed by atoms with Crippen molar-refractivity contribution >= 4 is 5.91 Å². The van der Waals surface area contributed by atoms with E-state index in [9.17, 15) is 4.79 Å². The van der Waals surface area contributed by atoms with E-state index in [1.165, 1.54) is 24.8 Å². The molecule has 0 aliphatic heterocycles. The van der Waals surface area contributed by atoms with Crippen LogP contribution in [0.4, 0.5) is 0 Å². The minimum Gasteiger partial charge on any atom is -0.355 e. The number of nitrogens with two attached hydrogens (primary N) is 1. The van der Waals surface area contributed by atoms with Crippen molar-refractivity contribution < 1.29 is 4.79 Å². The molecule has 1 rings (SSSR count). The van der Waals surface area contributed by atoms with Crippen molar-refractivity contribution in [3.05, 3.63) is 11.6 Å². The maximum Gasteiger partial charge on any atom is 0.227 e. The lowest BCUT2D eigenvalue weighted by molar-refractivity contribution is -0.129. The maximum absolute atomic E-state index is 11.9. The molecule has 0 saturated heterocycles. The molecule has 1 aliphatic rings. The van der Waals surface area contributed by atoms with Crippen LogP contribution in [0.1, 0.15) is 46.0 Å². The summed E-state index contributed by atoms with van der Waals surface area (Å²) >= 11 is 0. The fourth-order valence-electron chi connectivity index (χ4n) is 1.91. The molecule has 3 N–H and O–H groups in total. The van der Waals surface area contributed by atoms with Gasteiger partial charge in [-0.25, -0.2) is 0 Å². The molecular weight excluding hydrogens is 200 g/mol. The Bertz CT molecular complexity index is 267. The normalized spacial score (nSPS) is 19.1. The maximum atomic E-state index is 11.9. The summed E-state index contributed by atoms with van der Waals surface area (Å²) in [4.78, 5) is 11.9. The van der Waals surface area contributed by atoms with Gasteiger partial charge < -0.3 is 11.1 Å². The van der Waals surface area contributed by atoms with Gasteiger partial charge in [0.2, 0.25) is 5.91 Å². The average Bonchev–Trinajstić information content (AvgIpc) is 2.80. The van der Waals surface area contributed by atoms with Crippen molar-refractivity contribution in [1.29, 1.82) is 0 Å². The van der Waals surface area contributed by atoms with Gasteiger partial charge in [0.15, 0.2) is 0 Å². The Labute approximate surface area is 98.5 Å². The van der Waals surface area contributed by atoms with Gasteiger partial charge in [-0.3, -0.25) is 4.79 Å². The first-order chi connectivity index (χ1) is 7.62. The van der Waals surface area contributed by atoms with Crippen molar-refractivity contribution in [3.8, 4) is 0 Å². The summed E-state index contributed by atoms with van der Waals surface area (Å²) < 4.78 is 0. The van der Waals surface area contributed by atoms with Crippen LogP contribution in [0.25, 0.3) is 0 Å². The quantitative estimate of drug-likeness (QED) is 0.678. The van der Waals surface area contributed by atoms with Gasteiger partial charge in [-0.1, -0.05) is 18.6 Å². The first-order valence-electron chi connectivity index (χ1n) is 6.28. The second-order valence-corrected chi connectivity index (χ2v) is 4.88. The topological polar surface area (TPSA) is 55.1 Å². The van der Waals surface area contributed by atoms with Crippen LogP contribution in [-0.4, -0.2) is 19.0 Å². The second-order valence-electron chi connectivity index (χ2n) is 4.88. The van der Waals surface area contributed by atoms with E-state index in [1.807, 2.05) is 13.8 Å². The molecule has 0 heterocycles. The van der Waals surface area contributed by atoms with E-state index in [4.69, 9.17) is 5.73 Å². The predicted octanol–water partition coefficient (Wildman–Crippen LogP) is 1.98. The van der Waals surface area contributed by atoms with Crippen LogP contribution >= 0.6 is 0 Å². The van der Waals surface area contributed by atoms with Crippen LogP contribution in [0, 0.1) is 5.41 Å². The fraction of sp³-hybridized carbons (Fsp3) is 0.769. The summed E-state index contributed by atoms with van der Waals surface area (Å²) in [5.41, 5.74) is 6.73. The lowest BCUT2D eigenvalue weighted by Crippen LogP contribution is -2.43. The molecule has 3 heteroatoms. The second kappa shape index (κ2) is 6.04. The molecule has 3 nitrogen and oxygen atoms in total. The van der Waals surface area contributed by atoms with Gasteiger partial charge in [0.1, 0.15) is 0 Å². The van der Waals surface area contributed by atoms with E-state index >= 15 is 0 Å². The Morgan fingerprint density at radius 1 is 1.62 bits per heavy atom. The molecule has 1 unspecified atom stereocenters. The smallest absolute Gasteiger partial charge is 0.227 e. The van der Waals surface area contributed by atoms with Crippen molar-refractivity contribution in [2.24, 2.45) is 11.1 Å². The molecule has 1 aliphatic carbocycles. The summed E-state index contributed by atoms with van der Waals surface area (Å²) in [6.45, 7) is 5.10. The largest absolute Gasteiger partial charge is 0.355 e. The Morgan fingerprint density at radius 2 is 2.38 bits per heavy atom. The van der Waals surface area contributed by atoms with E-state index in [2.05, 4.69) is 11.4 Å². The monoisotopic (exact) mass is 224 g/mol. The van der Waals surface area contributed by atoms with E-state index < -0.39 is 5.41 Å². The number of hydrogen-bond donors (Lipinski definition) is 2. The van der Waals surface area contributed by atoms with Crippen LogP contribution in [-0.2, 0) is 4.79 Å². The summed E-state index contributed by atoms with van der Waals surface area (Å²) in [7, 11) is 0. The van der Waals surface area contributed by atoms with Crippen molar-refractivity contribution in [1.82, 2.24) is 5.32 Å². The van der Waals surface area contributed by atoms with Gasteiger partial charge in [-0.05, 0) is 39.0 Å². The zero-order chi connectivity index (χ0) is 12.0. The van der Waals surface area contributed by atoms with Crippen LogP contribution < -0.4 is 11.1 Å². The molecule has 0 saturated carbocycles. The molecule has 16 heavy (non-hydrogen) atoms. The lowest BCUT2D eigenvalue weighted by atomic mass is 9.86. The first kappa shape index (κ1) is 13.2. The SMILES string of the molecule is CCC(C)(CN)C(=O)NCCC1=CCCC1. The minimum atomic E-state index is -0.399. The van der Waals surface area contributed by atoms with Crippen LogP contribution in [0.3, 0.4) is 0 Å². The highest BCUT2D eigenvalue weighted by molar-refractivity contribution is 5.82. The number of rotatable bonds is 6. The molecule has 0 fully saturated rings. The summed E-state index contributed by atoms with van der Waals surface area (Å²) in [5.74, 6) is 0.0936. The van der Waals surface area contributed by atoms with Gasteiger partial charge in [-0.15, -0.1) is 0 Å². The molecule has 0 bridgehead atoms. The standard InChI is InChI=1S/C13H24N2O/c1-3-13(2,10-14)12(16)15-9-8-11-6-4-5-7-11/h6H,3-5,7-10,14H2,1-2H3,(H,15,16). The Balaban J connectivity index is 2.29. The van der Waals surface area contributed by atoms with E-state index in [0.717, 1.165) is 19.4 Å². The highest BCUT2D eigenvalue weighted by Crippen LogP contribution is 2.21. The molecule has 92 valence electrons. The average molecular weight is 224 g/mol. The number of nitrogens with one attached hydrogen (secondary N) is 1. The zero-order valence-electron chi connectivity index (χ0n) is 10.5. The van der Waals surface area contributed by atoms with Crippen LogP contribution in [0.5, 0.6) is 0 Å². The number of amides is 1. The molecule has 0 aromatic carbocycles. The van der Waals surface area contributed by atoms with Crippen molar-refractivity contribution in [2.75, 3.05) is 13.1 Å². The molecule has 0 spiro atoms. The van der Waals surface area contributed by atoms with Crippen molar-refractivity contribution in [3.63, 3.8) is 0 Å². The molecule has 1 amide bonds. The highest BCUT2D eigenvalue weighted by Gasteiger charge is 2.29. The Kier molecular flexibility index (Phi) is 5.00. The van der Waals surface area contributed by atoms with Gasteiger partial charge in [0, 0.05) is 13.1 Å². The first-order valence-corrected chi connectivity index (χ1v) is 6.28. The number of hydrogen-bond acceptors (Lipinski definition) is 2. The highest BCUT2D eigenvalue weighted by atomic mass is 16.2. The van der Waals surface area contributed by atoms with Gasteiger partial charge >= 0.3 is 0 Å². The minimum absolute atomic E-state index is 0.0936. The molecular formula is C13H24N2O. The Morgan fingerprint density at radius 3 is 2.88 bits per heavy atom. The zero-order valence-corrected chi connectivity index (χ0v) is 10.5. The third-order valence-electron chi connectivity index (χ3n) is 3.65. The van der Waals surface area contributed by atoms with Crippen LogP contribution in [0.15, 0.2) is 11.6 Å². The van der Waals surface area contributed by atoms with Crippen LogP contribution in [0.2, 0.25) is 0 Å². The molecule has 0 aromatic rings. The van der Waals surface area contributed by atoms with Crippen molar-refractivity contribution in [2.45, 2.75) is 46.0 Å². The number of carbonyl (C=O) groups excluding carboxylic acids is 1. The summed E-state index contributed by atoms with van der Waals surface area (Å²) in [5, 5.41) is 2.99. The van der Waals surface area contributed by atoms with E-state index in [0.29, 0.717) is 6.54 Å². The fourth-order valence-corrected chi connectivity index (χ4v) is 1.91. The summed E-state index contributed by atoms with van der Waals surface area (Å²) in [6.07, 6.45) is 7.78. The molecule has 0 radical (unpaired) electrons. The Hall–Kier alpha value is -0.830. The predicted molar refractivity (Wildman–Crippen MR) is 67.0 cm³/mol. The molecule has 0 aromatic heterocycles. The lowest BCUT2D eigenvalue weighted by Gasteiger charge is -2.24. The van der Waals surface area contributed by atoms with Gasteiger partial charge in [0.05, 0.1) is 5.41 Å². The third-order valence-corrected chi connectivity index (χ3v) is 3.65. The van der Waals surface area contributed by atoms with E-state index in [1.54, 1.807) is 0 Å². The number of allylic oxidation sites excluding steroid dienone is 1. The number of carbonyl (C=O) groups is 1. The van der Waals surface area contributed by atoms with E-state index in [-0.39, 0.29) is 5.91 Å². The molecule has 1 atom stereocenters. The summed E-state index contributed by atoms with van der Waals surface area (Å²) in [6, 6.07) is 0. The van der Waals surface area contributed by atoms with Gasteiger partial charge in [0.25, 0.3) is 0 Å². The third kappa shape index (κ3) is 3.34.